The highest BCUT2D eigenvalue weighted by molar-refractivity contribution is 7.73. The third kappa shape index (κ3) is 13.4. The lowest BCUT2D eigenvalue weighted by molar-refractivity contribution is -0.123. The Hall–Kier alpha value is -3.21. The van der Waals surface area contributed by atoms with E-state index in [0.29, 0.717) is 19.5 Å². The number of nitrogens with zero attached hydrogens (tertiary/aromatic N) is 3. The molecule has 20 heteroatoms. The van der Waals surface area contributed by atoms with E-state index in [1.807, 2.05) is 49.1 Å². The Morgan fingerprint density at radius 3 is 2.25 bits per heavy atom. The molecular formula is C28H43BN6O11P2. The maximum Gasteiger partial charge on any atom is 0.480 e. The summed E-state index contributed by atoms with van der Waals surface area (Å²) < 4.78 is 40.3. The zero-order valence-electron chi connectivity index (χ0n) is 27.0. The van der Waals surface area contributed by atoms with Gasteiger partial charge in [-0.15, -0.1) is 0 Å². The van der Waals surface area contributed by atoms with Gasteiger partial charge in [0.05, 0.1) is 12.1 Å². The van der Waals surface area contributed by atoms with Gasteiger partial charge in [-0.05, 0) is 17.9 Å². The van der Waals surface area contributed by atoms with Gasteiger partial charge in [-0.25, -0.2) is 9.78 Å². The number of carbonyl (C=O) groups excluding carboxylic acids is 3. The smallest absolute Gasteiger partial charge is 0.448 e. The Labute approximate surface area is 279 Å². The monoisotopic (exact) mass is 712 g/mol. The first kappa shape index (κ1) is 39.2. The number of nitrogens with one attached hydrogen (secondary N) is 3. The molecule has 17 nitrogen and oxygen atoms in total. The van der Waals surface area contributed by atoms with Crippen molar-refractivity contribution in [3.05, 3.63) is 60.2 Å². The quantitative estimate of drug-likeness (QED) is 0.111. The fourth-order valence-corrected chi connectivity index (χ4v) is 7.70. The van der Waals surface area contributed by atoms with Crippen molar-refractivity contribution in [3.63, 3.8) is 0 Å². The predicted molar refractivity (Wildman–Crippen MR) is 175 cm³/mol. The van der Waals surface area contributed by atoms with Crippen molar-refractivity contribution in [2.45, 2.75) is 44.2 Å². The topological polar surface area (TPSA) is 239 Å². The van der Waals surface area contributed by atoms with Crippen LogP contribution in [0.3, 0.4) is 0 Å². The van der Waals surface area contributed by atoms with Crippen LogP contribution in [0.25, 0.3) is 0 Å². The summed E-state index contributed by atoms with van der Waals surface area (Å²) in [7, 11) is -10.3. The summed E-state index contributed by atoms with van der Waals surface area (Å²) in [6, 6.07) is 8.35. The molecule has 1 saturated heterocycles. The maximum atomic E-state index is 13.7. The molecule has 0 saturated carbocycles. The minimum absolute atomic E-state index is 0.0756. The van der Waals surface area contributed by atoms with E-state index >= 15 is 0 Å². The Kier molecular flexibility index (Phi) is 15.1. The minimum Gasteiger partial charge on any atom is -0.448 e. The second-order valence-corrected chi connectivity index (χ2v) is 16.2. The van der Waals surface area contributed by atoms with Crippen molar-refractivity contribution in [3.8, 4) is 0 Å². The van der Waals surface area contributed by atoms with E-state index in [1.54, 1.807) is 5.32 Å². The molecule has 0 aliphatic carbocycles. The van der Waals surface area contributed by atoms with E-state index in [4.69, 9.17) is 14.0 Å². The van der Waals surface area contributed by atoms with Crippen molar-refractivity contribution in [1.29, 1.82) is 0 Å². The molecular weight excluding hydrogens is 669 g/mol. The summed E-state index contributed by atoms with van der Waals surface area (Å²) in [5.41, 5.74) is -1.36. The molecule has 6 N–H and O–H groups in total. The molecule has 1 aliphatic rings. The number of alkyl carbamates (subject to hydrolysis) is 1. The summed E-state index contributed by atoms with van der Waals surface area (Å²) in [5, 5.41) is 7.58. The molecule has 4 atom stereocenters. The fraction of sp³-hybridized carbons (Fsp3) is 0.536. The van der Waals surface area contributed by atoms with Crippen molar-refractivity contribution in [2.75, 3.05) is 46.1 Å². The second kappa shape index (κ2) is 18.5. The molecule has 1 aliphatic heterocycles. The Morgan fingerprint density at radius 1 is 1.02 bits per heavy atom. The van der Waals surface area contributed by atoms with Crippen molar-refractivity contribution >= 4 is 40.0 Å². The molecule has 0 spiro atoms. The summed E-state index contributed by atoms with van der Waals surface area (Å²) in [4.78, 5) is 76.7. The van der Waals surface area contributed by atoms with Crippen molar-refractivity contribution in [1.82, 2.24) is 30.8 Å². The zero-order valence-corrected chi connectivity index (χ0v) is 28.8. The Bertz CT molecular complexity index is 1400. The lowest BCUT2D eigenvalue weighted by Crippen LogP contribution is -2.57. The summed E-state index contributed by atoms with van der Waals surface area (Å²) >= 11 is 0. The SMILES string of the molecule is CC(C)CC(NC(=O)[C@@H](Cc1ccccc1)NC(=O)c1cnccn1)B1OCCN(CCOC(=O)NC(P(C)(=O)O)P(=O)(O)O)CCO1. The van der Waals surface area contributed by atoms with Crippen LogP contribution in [0.1, 0.15) is 36.3 Å². The van der Waals surface area contributed by atoms with Gasteiger partial charge in [0.15, 0.2) is 0 Å². The molecule has 48 heavy (non-hydrogen) atoms. The largest absolute Gasteiger partial charge is 0.480 e. The van der Waals surface area contributed by atoms with Gasteiger partial charge >= 0.3 is 20.8 Å². The standard InChI is InChI=1S/C28H43BN6O11P2/c1-20(2)17-24(33-25(36)22(18-21-7-5-4-6-8-21)32-26(37)23-19-30-9-10-31-23)29-45-15-12-35(13-16-46-29)11-14-44-27(38)34-28(47(3,39)40)48(41,42)43/h4-10,19-20,22,24,28H,11-18H2,1-3H3,(H,32,37)(H,33,36)(H,34,38)(H,39,40)(H2,41,42,43)/t22-,24?,28?/m1/s1. The number of ether oxygens (including phenoxy) is 1. The van der Waals surface area contributed by atoms with E-state index in [0.717, 1.165) is 12.2 Å². The van der Waals surface area contributed by atoms with Gasteiger partial charge in [0.1, 0.15) is 18.3 Å². The van der Waals surface area contributed by atoms with E-state index in [-0.39, 0.29) is 44.4 Å². The fourth-order valence-electron chi connectivity index (χ4n) is 4.85. The van der Waals surface area contributed by atoms with Crippen LogP contribution < -0.4 is 16.0 Å². The van der Waals surface area contributed by atoms with Crippen LogP contribution >= 0.6 is 15.0 Å². The first-order valence-corrected chi connectivity index (χ1v) is 19.1. The van der Waals surface area contributed by atoms with Gasteiger partial charge < -0.3 is 39.4 Å². The lowest BCUT2D eigenvalue weighted by Gasteiger charge is -2.32. The van der Waals surface area contributed by atoms with Gasteiger partial charge in [0.25, 0.3) is 5.91 Å². The van der Waals surface area contributed by atoms with E-state index in [9.17, 15) is 38.2 Å². The maximum absolute atomic E-state index is 13.7. The van der Waals surface area contributed by atoms with Gasteiger partial charge in [-0.2, -0.15) is 0 Å². The molecule has 264 valence electrons. The summed E-state index contributed by atoms with van der Waals surface area (Å²) in [5.74, 6) is -1.35. The highest BCUT2D eigenvalue weighted by atomic mass is 31.2. The third-order valence-corrected chi connectivity index (χ3v) is 11.1. The van der Waals surface area contributed by atoms with E-state index in [1.165, 1.54) is 18.6 Å². The second-order valence-electron chi connectivity index (χ2n) is 11.7. The number of hydrogen-bond donors (Lipinski definition) is 6. The molecule has 1 aromatic carbocycles. The number of aromatic nitrogens is 2. The van der Waals surface area contributed by atoms with E-state index < -0.39 is 57.5 Å². The Morgan fingerprint density at radius 2 is 1.69 bits per heavy atom. The molecule has 3 unspecified atom stereocenters. The summed E-state index contributed by atoms with van der Waals surface area (Å²) in [6.45, 7) is 5.96. The van der Waals surface area contributed by atoms with Gasteiger partial charge in [-0.1, -0.05) is 44.2 Å². The number of benzene rings is 1. The van der Waals surface area contributed by atoms with Crippen LogP contribution in [-0.2, 0) is 34.4 Å². The highest BCUT2D eigenvalue weighted by Gasteiger charge is 2.42. The van der Waals surface area contributed by atoms with Crippen molar-refractivity contribution in [2.24, 2.45) is 5.92 Å². The van der Waals surface area contributed by atoms with Crippen LogP contribution in [-0.4, -0.2) is 118 Å². The molecule has 1 fully saturated rings. The van der Waals surface area contributed by atoms with Crippen LogP contribution in [0, 0.1) is 5.92 Å². The highest BCUT2D eigenvalue weighted by Crippen LogP contribution is 2.58. The van der Waals surface area contributed by atoms with Crippen molar-refractivity contribution < 1.29 is 52.2 Å². The summed E-state index contributed by atoms with van der Waals surface area (Å²) in [6.07, 6.45) is 3.66. The number of rotatable bonds is 15. The van der Waals surface area contributed by atoms with Gasteiger partial charge in [0.2, 0.25) is 18.8 Å². The van der Waals surface area contributed by atoms with Crippen LogP contribution in [0.15, 0.2) is 48.9 Å². The molecule has 2 heterocycles. The van der Waals surface area contributed by atoms with Crippen LogP contribution in [0.5, 0.6) is 0 Å². The predicted octanol–water partition coefficient (Wildman–Crippen LogP) is 0.813. The van der Waals surface area contributed by atoms with Gasteiger partial charge in [-0.3, -0.25) is 33.9 Å². The lowest BCUT2D eigenvalue weighted by atomic mass is 9.73. The average molecular weight is 712 g/mol. The zero-order chi connectivity index (χ0) is 35.3. The third-order valence-electron chi connectivity index (χ3n) is 7.12. The molecule has 2 aromatic rings. The molecule has 0 bridgehead atoms. The normalized spacial score (nSPS) is 17.6. The minimum atomic E-state index is -5.11. The molecule has 1 aromatic heterocycles. The van der Waals surface area contributed by atoms with Crippen LogP contribution in [0.4, 0.5) is 4.79 Å². The van der Waals surface area contributed by atoms with Gasteiger partial charge in [0, 0.05) is 58.3 Å². The number of carbonyl (C=O) groups is 3. The first-order chi connectivity index (χ1) is 22.6. The van der Waals surface area contributed by atoms with E-state index in [2.05, 4.69) is 20.6 Å². The number of amides is 3. The molecule has 3 amide bonds. The average Bonchev–Trinajstić information content (AvgIpc) is 2.99. The molecule has 0 radical (unpaired) electrons. The van der Waals surface area contributed by atoms with Crippen LogP contribution in [0.2, 0.25) is 0 Å². The molecule has 3 rings (SSSR count). The first-order valence-electron chi connectivity index (χ1n) is 15.3. The number of hydrogen-bond acceptors (Lipinski definition) is 11. The Balaban J connectivity index is 1.58.